The molecule has 0 radical (unpaired) electrons. The first-order valence-corrected chi connectivity index (χ1v) is 11.1. The molecule has 2 heterocycles. The van der Waals surface area contributed by atoms with Gasteiger partial charge >= 0.3 is 0 Å². The van der Waals surface area contributed by atoms with Crippen LogP contribution in [0.25, 0.3) is 5.82 Å². The van der Waals surface area contributed by atoms with Crippen molar-refractivity contribution in [2.24, 2.45) is 10.8 Å². The predicted octanol–water partition coefficient (Wildman–Crippen LogP) is 0.977. The van der Waals surface area contributed by atoms with Gasteiger partial charge in [0.15, 0.2) is 23.8 Å². The number of benzene rings is 2. The monoisotopic (exact) mass is 539 g/mol. The van der Waals surface area contributed by atoms with E-state index in [1.54, 1.807) is 25.1 Å². The Bertz CT molecular complexity index is 1520. The van der Waals surface area contributed by atoms with Crippen molar-refractivity contribution in [3.8, 4) is 23.1 Å². The van der Waals surface area contributed by atoms with Gasteiger partial charge in [-0.25, -0.2) is 14.4 Å². The molecular formula is C23H22FN9O6. The Hall–Kier alpha value is -5.54. The molecule has 0 saturated carbocycles. The second kappa shape index (κ2) is 11.7. The molecule has 2 aromatic heterocycles. The number of nitrogens with one attached hydrogen (secondary N) is 1. The quantitative estimate of drug-likeness (QED) is 0.181. The summed E-state index contributed by atoms with van der Waals surface area (Å²) >= 11 is 0. The third kappa shape index (κ3) is 6.24. The van der Waals surface area contributed by atoms with Gasteiger partial charge in [-0.3, -0.25) is 9.59 Å². The number of carbonyl (C=O) groups excluding carboxylic acids is 2. The fourth-order valence-electron chi connectivity index (χ4n) is 3.21. The summed E-state index contributed by atoms with van der Waals surface area (Å²) in [5.41, 5.74) is 14.3. The van der Waals surface area contributed by atoms with E-state index in [2.05, 4.69) is 35.8 Å². The minimum atomic E-state index is -0.721. The molecule has 0 bridgehead atoms. The van der Waals surface area contributed by atoms with Gasteiger partial charge in [0.1, 0.15) is 23.9 Å². The number of nitrogen functional groups attached to an aromatic ring is 1. The molecular weight excluding hydrogens is 517 g/mol. The van der Waals surface area contributed by atoms with E-state index in [0.29, 0.717) is 28.5 Å². The smallest absolute Gasteiger partial charge is 0.293 e. The summed E-state index contributed by atoms with van der Waals surface area (Å²) in [5.74, 6) is -0.935. The second-order valence-electron chi connectivity index (χ2n) is 7.77. The largest absolute Gasteiger partial charge is 0.493 e. The number of nitrogens with zero attached hydrogens (tertiary/aromatic N) is 6. The molecule has 4 aromatic rings. The Morgan fingerprint density at radius 1 is 1.13 bits per heavy atom. The van der Waals surface area contributed by atoms with Crippen molar-refractivity contribution in [1.29, 1.82) is 0 Å². The van der Waals surface area contributed by atoms with E-state index in [0.717, 1.165) is 4.68 Å². The number of hydrogen-bond acceptors (Lipinski definition) is 12. The molecule has 0 fully saturated rings. The highest BCUT2D eigenvalue weighted by Crippen LogP contribution is 2.28. The molecule has 0 spiro atoms. The molecule has 0 aliphatic rings. The lowest BCUT2D eigenvalue weighted by Gasteiger charge is -2.11. The van der Waals surface area contributed by atoms with Crippen LogP contribution in [0.15, 0.2) is 52.2 Å². The van der Waals surface area contributed by atoms with Crippen LogP contribution in [0.4, 0.5) is 10.2 Å². The second-order valence-corrected chi connectivity index (χ2v) is 7.77. The lowest BCUT2D eigenvalue weighted by Crippen LogP contribution is -2.22. The van der Waals surface area contributed by atoms with Crippen molar-refractivity contribution in [3.63, 3.8) is 0 Å². The molecule has 202 valence electrons. The van der Waals surface area contributed by atoms with Crippen molar-refractivity contribution in [2.75, 3.05) is 19.5 Å². The number of nitrogens with two attached hydrogens (primary N) is 2. The predicted molar refractivity (Wildman–Crippen MR) is 132 cm³/mol. The van der Waals surface area contributed by atoms with Crippen molar-refractivity contribution in [3.05, 3.63) is 65.2 Å². The molecule has 2 amide bonds. The Morgan fingerprint density at radius 3 is 2.56 bits per heavy atom. The number of primary amides is 1. The van der Waals surface area contributed by atoms with Crippen LogP contribution in [0, 0.1) is 5.82 Å². The van der Waals surface area contributed by atoms with Crippen molar-refractivity contribution in [2.45, 2.75) is 13.5 Å². The molecule has 4 rings (SSSR count). The van der Waals surface area contributed by atoms with Crippen LogP contribution >= 0.6 is 0 Å². The van der Waals surface area contributed by atoms with E-state index in [9.17, 15) is 14.0 Å². The highest BCUT2D eigenvalue weighted by molar-refractivity contribution is 6.01. The van der Waals surface area contributed by atoms with Gasteiger partial charge < -0.3 is 25.7 Å². The fourth-order valence-corrected chi connectivity index (χ4v) is 3.21. The Labute approximate surface area is 219 Å². The zero-order chi connectivity index (χ0) is 27.9. The first-order valence-electron chi connectivity index (χ1n) is 11.1. The fraction of sp³-hybridized carbons (Fsp3) is 0.174. The average Bonchev–Trinajstić information content (AvgIpc) is 3.55. The number of aromatic nitrogens is 5. The van der Waals surface area contributed by atoms with Gasteiger partial charge in [0.05, 0.1) is 12.8 Å². The van der Waals surface area contributed by atoms with Crippen LogP contribution in [0.5, 0.6) is 17.2 Å². The van der Waals surface area contributed by atoms with Gasteiger partial charge in [0.25, 0.3) is 11.8 Å². The summed E-state index contributed by atoms with van der Waals surface area (Å²) in [7, 11) is 1.43. The summed E-state index contributed by atoms with van der Waals surface area (Å²) < 4.78 is 35.3. The number of carbonyl (C=O) groups is 2. The number of anilines is 1. The Morgan fingerprint density at radius 2 is 1.90 bits per heavy atom. The molecule has 39 heavy (non-hydrogen) atoms. The SMILES string of the molecule is COc1cc(/C(C)=N/NC(=O)c2nnn(-c3nonc3N)c2COc2ccc(F)cc2)ccc1OCC(N)=O. The molecule has 0 aliphatic carbocycles. The number of hydrazone groups is 1. The van der Waals surface area contributed by atoms with Gasteiger partial charge in [0, 0.05) is 5.56 Å². The molecule has 5 N–H and O–H groups in total. The van der Waals surface area contributed by atoms with Crippen molar-refractivity contribution in [1.82, 2.24) is 30.7 Å². The van der Waals surface area contributed by atoms with Crippen molar-refractivity contribution < 1.29 is 32.8 Å². The molecule has 0 aliphatic heterocycles. The van der Waals surface area contributed by atoms with Crippen LogP contribution in [-0.2, 0) is 11.4 Å². The average molecular weight is 539 g/mol. The topological polar surface area (TPSA) is 208 Å². The van der Waals surface area contributed by atoms with E-state index in [4.69, 9.17) is 25.7 Å². The number of methoxy groups -OCH3 is 1. The number of halogens is 1. The molecule has 0 unspecified atom stereocenters. The Balaban J connectivity index is 1.55. The molecule has 15 nitrogen and oxygen atoms in total. The zero-order valence-electron chi connectivity index (χ0n) is 20.6. The van der Waals surface area contributed by atoms with E-state index in [1.807, 2.05) is 0 Å². The molecule has 0 saturated heterocycles. The molecule has 0 atom stereocenters. The van der Waals surface area contributed by atoms with Gasteiger partial charge in [-0.2, -0.15) is 9.78 Å². The maximum absolute atomic E-state index is 13.2. The van der Waals surface area contributed by atoms with Crippen LogP contribution < -0.4 is 31.1 Å². The number of amides is 2. The van der Waals surface area contributed by atoms with Gasteiger partial charge in [-0.05, 0) is 59.7 Å². The first-order chi connectivity index (χ1) is 18.8. The van der Waals surface area contributed by atoms with Crippen molar-refractivity contribution >= 4 is 23.3 Å². The maximum Gasteiger partial charge on any atom is 0.293 e. The van der Waals surface area contributed by atoms with Gasteiger partial charge in [0.2, 0.25) is 11.6 Å². The van der Waals surface area contributed by atoms with Crippen LogP contribution in [-0.4, -0.2) is 56.5 Å². The molecule has 16 heteroatoms. The summed E-state index contributed by atoms with van der Waals surface area (Å²) in [4.78, 5) is 24.0. The maximum atomic E-state index is 13.2. The molecule has 2 aromatic carbocycles. The third-order valence-electron chi connectivity index (χ3n) is 5.14. The summed E-state index contributed by atoms with van der Waals surface area (Å²) in [6.45, 7) is 1.11. The highest BCUT2D eigenvalue weighted by Gasteiger charge is 2.24. The van der Waals surface area contributed by atoms with Crippen LogP contribution in [0.3, 0.4) is 0 Å². The standard InChI is InChI=1S/C23H22FN9O6/c1-12(13-3-8-17(18(9-13)36-2)38-11-19(25)34)27-29-23(35)20-16(10-37-15-6-4-14(24)5-7-15)33(32-28-20)22-21(26)30-39-31-22/h3-9H,10-11H2,1-2H3,(H2,25,34)(H2,26,30)(H,29,35)/b27-12+. The normalized spacial score (nSPS) is 11.2. The highest BCUT2D eigenvalue weighted by atomic mass is 19.1. The van der Waals surface area contributed by atoms with Crippen LogP contribution in [0.1, 0.15) is 28.7 Å². The number of hydrogen-bond donors (Lipinski definition) is 3. The van der Waals surface area contributed by atoms with E-state index in [-0.39, 0.29) is 36.2 Å². The van der Waals surface area contributed by atoms with Crippen LogP contribution in [0.2, 0.25) is 0 Å². The van der Waals surface area contributed by atoms with E-state index < -0.39 is 17.6 Å². The minimum Gasteiger partial charge on any atom is -0.493 e. The number of ether oxygens (including phenoxy) is 3. The summed E-state index contributed by atoms with van der Waals surface area (Å²) in [6.07, 6.45) is 0. The lowest BCUT2D eigenvalue weighted by atomic mass is 10.1. The lowest BCUT2D eigenvalue weighted by molar-refractivity contribution is -0.119. The van der Waals surface area contributed by atoms with E-state index in [1.165, 1.54) is 31.4 Å². The summed E-state index contributed by atoms with van der Waals surface area (Å²) in [6, 6.07) is 10.1. The van der Waals surface area contributed by atoms with Gasteiger partial charge in [-0.1, -0.05) is 5.21 Å². The van der Waals surface area contributed by atoms with Gasteiger partial charge in [-0.15, -0.1) is 5.10 Å². The zero-order valence-corrected chi connectivity index (χ0v) is 20.6. The van der Waals surface area contributed by atoms with E-state index >= 15 is 0 Å². The third-order valence-corrected chi connectivity index (χ3v) is 5.14. The number of rotatable bonds is 11. The summed E-state index contributed by atoms with van der Waals surface area (Å²) in [5, 5.41) is 19.2. The minimum absolute atomic E-state index is 0.00956. The Kier molecular flexibility index (Phi) is 7.94. The first kappa shape index (κ1) is 26.5.